The third kappa shape index (κ3) is 4.85. The smallest absolute Gasteiger partial charge is 0.245 e. The molecule has 1 aliphatic rings. The highest BCUT2D eigenvalue weighted by atomic mass is 32.1. The second kappa shape index (κ2) is 9.43. The third-order valence-electron chi connectivity index (χ3n) is 5.59. The predicted molar refractivity (Wildman–Crippen MR) is 123 cm³/mol. The van der Waals surface area contributed by atoms with Gasteiger partial charge >= 0.3 is 0 Å². The van der Waals surface area contributed by atoms with Crippen molar-refractivity contribution in [1.29, 1.82) is 0 Å². The minimum Gasteiger partial charge on any atom is -0.352 e. The summed E-state index contributed by atoms with van der Waals surface area (Å²) < 4.78 is 0. The van der Waals surface area contributed by atoms with Crippen LogP contribution in [0.3, 0.4) is 0 Å². The molecule has 3 aromatic rings. The second-order valence-electron chi connectivity index (χ2n) is 8.10. The van der Waals surface area contributed by atoms with Crippen LogP contribution >= 0.6 is 11.3 Å². The summed E-state index contributed by atoms with van der Waals surface area (Å²) in [5.41, 5.74) is 0.938. The SMILES string of the molecule is CC(C)C(NC(=O)Cc1ccccc1)C(=O)N1CCN(c2ncnc3sccc23)CC1. The number of aromatic nitrogens is 2. The van der Waals surface area contributed by atoms with Crippen LogP contribution in [0.5, 0.6) is 0 Å². The minimum atomic E-state index is -0.523. The lowest BCUT2D eigenvalue weighted by Crippen LogP contribution is -2.56. The van der Waals surface area contributed by atoms with Gasteiger partial charge in [0.2, 0.25) is 11.8 Å². The van der Waals surface area contributed by atoms with E-state index in [0.717, 1.165) is 21.6 Å². The highest BCUT2D eigenvalue weighted by Gasteiger charge is 2.31. The molecular weight excluding hydrogens is 410 g/mol. The summed E-state index contributed by atoms with van der Waals surface area (Å²) in [5.74, 6) is 0.796. The van der Waals surface area contributed by atoms with Gasteiger partial charge in [0.15, 0.2) is 0 Å². The molecule has 0 saturated carbocycles. The molecule has 7 nitrogen and oxygen atoms in total. The summed E-state index contributed by atoms with van der Waals surface area (Å²) >= 11 is 1.60. The number of amides is 2. The molecule has 2 aromatic heterocycles. The zero-order valence-corrected chi connectivity index (χ0v) is 18.6. The van der Waals surface area contributed by atoms with Crippen LogP contribution in [-0.4, -0.2) is 58.9 Å². The first kappa shape index (κ1) is 21.2. The Bertz CT molecular complexity index is 1040. The average Bonchev–Trinajstić information content (AvgIpc) is 3.27. The molecule has 0 aliphatic carbocycles. The number of piperazine rings is 1. The summed E-state index contributed by atoms with van der Waals surface area (Å²) in [5, 5.41) is 6.04. The maximum absolute atomic E-state index is 13.2. The standard InChI is InChI=1S/C23H27N5O2S/c1-16(2)20(26-19(29)14-17-6-4-3-5-7-17)23(30)28-11-9-27(10-12-28)21-18-8-13-31-22(18)25-15-24-21/h3-8,13,15-16,20H,9-12,14H2,1-2H3,(H,26,29). The van der Waals surface area contributed by atoms with E-state index in [1.165, 1.54) is 0 Å². The Kier molecular flexibility index (Phi) is 6.46. The summed E-state index contributed by atoms with van der Waals surface area (Å²) in [6.45, 7) is 6.55. The van der Waals surface area contributed by atoms with Crippen molar-refractivity contribution < 1.29 is 9.59 Å². The summed E-state index contributed by atoms with van der Waals surface area (Å²) in [6.07, 6.45) is 1.87. The van der Waals surface area contributed by atoms with E-state index in [9.17, 15) is 9.59 Å². The van der Waals surface area contributed by atoms with Gasteiger partial charge in [0.1, 0.15) is 23.0 Å². The first-order chi connectivity index (χ1) is 15.0. The normalized spacial score (nSPS) is 15.3. The molecule has 0 radical (unpaired) electrons. The molecule has 162 valence electrons. The monoisotopic (exact) mass is 437 g/mol. The summed E-state index contributed by atoms with van der Waals surface area (Å²) in [6, 6.07) is 11.1. The van der Waals surface area contributed by atoms with Gasteiger partial charge < -0.3 is 15.1 Å². The van der Waals surface area contributed by atoms with Gasteiger partial charge in [-0.05, 0) is 22.9 Å². The van der Waals surface area contributed by atoms with E-state index >= 15 is 0 Å². The largest absolute Gasteiger partial charge is 0.352 e. The Labute approximate surface area is 186 Å². The molecule has 1 atom stereocenters. The predicted octanol–water partition coefficient (Wildman–Crippen LogP) is 2.72. The number of nitrogens with zero attached hydrogens (tertiary/aromatic N) is 4. The molecule has 1 fully saturated rings. The lowest BCUT2D eigenvalue weighted by Gasteiger charge is -2.38. The molecule has 8 heteroatoms. The first-order valence-corrected chi connectivity index (χ1v) is 11.5. The van der Waals surface area contributed by atoms with Crippen molar-refractivity contribution in [3.8, 4) is 0 Å². The number of nitrogens with one attached hydrogen (secondary N) is 1. The van der Waals surface area contributed by atoms with Crippen molar-refractivity contribution >= 4 is 39.2 Å². The quantitative estimate of drug-likeness (QED) is 0.642. The molecule has 0 bridgehead atoms. The molecule has 1 N–H and O–H groups in total. The fourth-order valence-corrected chi connectivity index (χ4v) is 4.61. The summed E-state index contributed by atoms with van der Waals surface area (Å²) in [7, 11) is 0. The number of carbonyl (C=O) groups excluding carboxylic acids is 2. The van der Waals surface area contributed by atoms with Gasteiger partial charge in [0.05, 0.1) is 11.8 Å². The van der Waals surface area contributed by atoms with Crippen molar-refractivity contribution in [3.05, 3.63) is 53.7 Å². The molecule has 1 aromatic carbocycles. The van der Waals surface area contributed by atoms with E-state index in [0.29, 0.717) is 26.2 Å². The van der Waals surface area contributed by atoms with Gasteiger partial charge in [0.25, 0.3) is 0 Å². The Hall–Kier alpha value is -3.00. The molecule has 1 unspecified atom stereocenters. The number of fused-ring (bicyclic) bond motifs is 1. The highest BCUT2D eigenvalue weighted by Crippen LogP contribution is 2.27. The Morgan fingerprint density at radius 2 is 1.81 bits per heavy atom. The van der Waals surface area contributed by atoms with E-state index in [2.05, 4.69) is 20.2 Å². The maximum atomic E-state index is 13.2. The summed E-state index contributed by atoms with van der Waals surface area (Å²) in [4.78, 5) is 39.6. The van der Waals surface area contributed by atoms with E-state index < -0.39 is 6.04 Å². The Morgan fingerprint density at radius 3 is 2.52 bits per heavy atom. The topological polar surface area (TPSA) is 78.4 Å². The van der Waals surface area contributed by atoms with Gasteiger partial charge in [-0.3, -0.25) is 9.59 Å². The van der Waals surface area contributed by atoms with E-state index in [-0.39, 0.29) is 24.2 Å². The van der Waals surface area contributed by atoms with E-state index in [1.807, 2.05) is 60.5 Å². The lowest BCUT2D eigenvalue weighted by molar-refractivity contribution is -0.137. The maximum Gasteiger partial charge on any atom is 0.245 e. The molecule has 0 spiro atoms. The number of hydrogen-bond donors (Lipinski definition) is 1. The van der Waals surface area contributed by atoms with Crippen LogP contribution in [0.2, 0.25) is 0 Å². The van der Waals surface area contributed by atoms with Gasteiger partial charge in [0, 0.05) is 26.2 Å². The van der Waals surface area contributed by atoms with Gasteiger partial charge in [-0.2, -0.15) is 0 Å². The number of anilines is 1. The fraction of sp³-hybridized carbons (Fsp3) is 0.391. The van der Waals surface area contributed by atoms with Crippen LogP contribution in [0.25, 0.3) is 10.2 Å². The number of benzene rings is 1. The van der Waals surface area contributed by atoms with Crippen molar-refractivity contribution in [2.45, 2.75) is 26.3 Å². The number of hydrogen-bond acceptors (Lipinski definition) is 6. The second-order valence-corrected chi connectivity index (χ2v) is 9.00. The van der Waals surface area contributed by atoms with Crippen LogP contribution in [-0.2, 0) is 16.0 Å². The zero-order chi connectivity index (χ0) is 21.8. The third-order valence-corrected chi connectivity index (χ3v) is 6.41. The average molecular weight is 438 g/mol. The minimum absolute atomic E-state index is 0.0116. The molecule has 2 amide bonds. The van der Waals surface area contributed by atoms with Crippen molar-refractivity contribution in [3.63, 3.8) is 0 Å². The Balaban J connectivity index is 1.37. The lowest BCUT2D eigenvalue weighted by atomic mass is 10.0. The Morgan fingerprint density at radius 1 is 1.06 bits per heavy atom. The van der Waals surface area contributed by atoms with Crippen LogP contribution in [0.4, 0.5) is 5.82 Å². The van der Waals surface area contributed by atoms with Crippen molar-refractivity contribution in [2.75, 3.05) is 31.1 Å². The van der Waals surface area contributed by atoms with E-state index in [1.54, 1.807) is 17.7 Å². The molecule has 31 heavy (non-hydrogen) atoms. The molecule has 4 rings (SSSR count). The van der Waals surface area contributed by atoms with Gasteiger partial charge in [-0.15, -0.1) is 11.3 Å². The van der Waals surface area contributed by atoms with Crippen LogP contribution in [0.1, 0.15) is 19.4 Å². The molecule has 1 aliphatic heterocycles. The van der Waals surface area contributed by atoms with Crippen LogP contribution in [0, 0.1) is 5.92 Å². The van der Waals surface area contributed by atoms with E-state index in [4.69, 9.17) is 0 Å². The van der Waals surface area contributed by atoms with Crippen molar-refractivity contribution in [1.82, 2.24) is 20.2 Å². The van der Waals surface area contributed by atoms with Crippen molar-refractivity contribution in [2.24, 2.45) is 5.92 Å². The molecule has 1 saturated heterocycles. The molecular formula is C23H27N5O2S. The number of carbonyl (C=O) groups is 2. The first-order valence-electron chi connectivity index (χ1n) is 10.6. The van der Waals surface area contributed by atoms with Crippen LogP contribution < -0.4 is 10.2 Å². The van der Waals surface area contributed by atoms with Gasteiger partial charge in [-0.1, -0.05) is 44.2 Å². The highest BCUT2D eigenvalue weighted by molar-refractivity contribution is 7.16. The number of rotatable bonds is 6. The van der Waals surface area contributed by atoms with Gasteiger partial charge in [-0.25, -0.2) is 9.97 Å². The zero-order valence-electron chi connectivity index (χ0n) is 17.8. The fourth-order valence-electron chi connectivity index (χ4n) is 3.88. The number of thiophene rings is 1. The van der Waals surface area contributed by atoms with Crippen LogP contribution in [0.15, 0.2) is 48.1 Å². The molecule has 3 heterocycles.